The molecule has 0 spiro atoms. The summed E-state index contributed by atoms with van der Waals surface area (Å²) in [6.07, 6.45) is 2.28. The minimum Gasteiger partial charge on any atom is -0.336 e. The second-order valence-corrected chi connectivity index (χ2v) is 4.09. The zero-order chi connectivity index (χ0) is 9.97. The van der Waals surface area contributed by atoms with E-state index >= 15 is 0 Å². The monoisotopic (exact) mass is 197 g/mol. The molecule has 2 saturated heterocycles. The third-order valence-electron chi connectivity index (χ3n) is 3.33. The molecule has 1 N–H and O–H groups in total. The van der Waals surface area contributed by atoms with Gasteiger partial charge in [-0.2, -0.15) is 0 Å². The number of hydrogen-bond donors (Lipinski definition) is 1. The topological polar surface area (TPSA) is 35.6 Å². The molecule has 2 heterocycles. The molecule has 0 aromatic carbocycles. The Balaban J connectivity index is 1.85. The van der Waals surface area contributed by atoms with Gasteiger partial charge in [-0.05, 0) is 19.4 Å². The third kappa shape index (κ3) is 1.85. The molecule has 0 atom stereocenters. The summed E-state index contributed by atoms with van der Waals surface area (Å²) in [5.41, 5.74) is 0. The summed E-state index contributed by atoms with van der Waals surface area (Å²) in [5.74, 6) is 0. The van der Waals surface area contributed by atoms with Crippen molar-refractivity contribution in [2.24, 2.45) is 0 Å². The fourth-order valence-corrected chi connectivity index (χ4v) is 2.38. The highest BCUT2D eigenvalue weighted by molar-refractivity contribution is 5.76. The molecule has 2 rings (SSSR count). The molecule has 2 amide bonds. The summed E-state index contributed by atoms with van der Waals surface area (Å²) in [4.78, 5) is 15.9. The predicted molar refractivity (Wildman–Crippen MR) is 55.2 cm³/mol. The number of urea groups is 1. The molecule has 0 unspecified atom stereocenters. The Morgan fingerprint density at radius 3 is 2.57 bits per heavy atom. The number of piperidine rings is 1. The predicted octanol–water partition coefficient (Wildman–Crippen LogP) is 0.496. The van der Waals surface area contributed by atoms with Gasteiger partial charge in [0.2, 0.25) is 0 Å². The third-order valence-corrected chi connectivity index (χ3v) is 3.33. The fraction of sp³-hybridized carbons (Fsp3) is 0.900. The van der Waals surface area contributed by atoms with Gasteiger partial charge in [0, 0.05) is 32.2 Å². The van der Waals surface area contributed by atoms with Crippen LogP contribution in [-0.4, -0.2) is 54.6 Å². The number of hydrogen-bond acceptors (Lipinski definition) is 2. The first kappa shape index (κ1) is 9.77. The lowest BCUT2D eigenvalue weighted by Gasteiger charge is -2.35. The van der Waals surface area contributed by atoms with E-state index in [-0.39, 0.29) is 6.03 Å². The van der Waals surface area contributed by atoms with Gasteiger partial charge in [-0.3, -0.25) is 0 Å². The molecule has 0 radical (unpaired) electrons. The van der Waals surface area contributed by atoms with E-state index in [1.807, 2.05) is 4.90 Å². The van der Waals surface area contributed by atoms with Crippen LogP contribution in [0.5, 0.6) is 0 Å². The Kier molecular flexibility index (Phi) is 2.91. The fourth-order valence-electron chi connectivity index (χ4n) is 2.38. The zero-order valence-electron chi connectivity index (χ0n) is 8.83. The van der Waals surface area contributed by atoms with Crippen molar-refractivity contribution in [2.75, 3.05) is 32.7 Å². The second kappa shape index (κ2) is 4.17. The van der Waals surface area contributed by atoms with Crippen LogP contribution >= 0.6 is 0 Å². The minimum atomic E-state index is 0.139. The molecule has 0 aromatic heterocycles. The Bertz CT molecular complexity index is 211. The summed E-state index contributed by atoms with van der Waals surface area (Å²) in [5, 5.41) is 2.87. The van der Waals surface area contributed by atoms with Gasteiger partial charge in [0.1, 0.15) is 0 Å². The Labute approximate surface area is 85.2 Å². The smallest absolute Gasteiger partial charge is 0.317 e. The molecular weight excluding hydrogens is 178 g/mol. The van der Waals surface area contributed by atoms with E-state index in [2.05, 4.69) is 17.1 Å². The largest absolute Gasteiger partial charge is 0.336 e. The minimum absolute atomic E-state index is 0.139. The number of carbonyl (C=O) groups excluding carboxylic acids is 1. The lowest BCUT2D eigenvalue weighted by atomic mass is 10.0. The highest BCUT2D eigenvalue weighted by Crippen LogP contribution is 2.17. The standard InChI is InChI=1S/C10H19N3O/c1-2-12-6-3-9(4-7-12)13-8-5-11-10(13)14/h9H,2-8H2,1H3,(H,11,14). The number of rotatable bonds is 2. The number of nitrogens with zero attached hydrogens (tertiary/aromatic N) is 2. The van der Waals surface area contributed by atoms with Gasteiger partial charge in [0.15, 0.2) is 0 Å². The van der Waals surface area contributed by atoms with Gasteiger partial charge >= 0.3 is 6.03 Å². The van der Waals surface area contributed by atoms with E-state index in [9.17, 15) is 4.79 Å². The molecule has 4 heteroatoms. The zero-order valence-corrected chi connectivity index (χ0v) is 8.83. The van der Waals surface area contributed by atoms with Crippen LogP contribution in [-0.2, 0) is 0 Å². The van der Waals surface area contributed by atoms with E-state index < -0.39 is 0 Å². The molecule has 4 nitrogen and oxygen atoms in total. The molecule has 0 saturated carbocycles. The summed E-state index contributed by atoms with van der Waals surface area (Å²) < 4.78 is 0. The molecule has 0 aliphatic carbocycles. The van der Waals surface area contributed by atoms with Crippen LogP contribution in [0.15, 0.2) is 0 Å². The molecule has 2 aliphatic rings. The molecule has 0 aromatic rings. The number of carbonyl (C=O) groups is 1. The van der Waals surface area contributed by atoms with Crippen molar-refractivity contribution in [2.45, 2.75) is 25.8 Å². The molecule has 80 valence electrons. The molecular formula is C10H19N3O. The highest BCUT2D eigenvalue weighted by Gasteiger charge is 2.29. The Hall–Kier alpha value is -0.770. The van der Waals surface area contributed by atoms with Gasteiger partial charge in [-0.1, -0.05) is 6.92 Å². The molecule has 2 aliphatic heterocycles. The SMILES string of the molecule is CCN1CCC(N2CCNC2=O)CC1. The van der Waals surface area contributed by atoms with Crippen LogP contribution in [0.1, 0.15) is 19.8 Å². The Morgan fingerprint density at radius 1 is 1.36 bits per heavy atom. The van der Waals surface area contributed by atoms with Crippen LogP contribution in [0.4, 0.5) is 4.79 Å². The van der Waals surface area contributed by atoms with Crippen molar-refractivity contribution >= 4 is 6.03 Å². The van der Waals surface area contributed by atoms with Crippen LogP contribution in [0.3, 0.4) is 0 Å². The summed E-state index contributed by atoms with van der Waals surface area (Å²) >= 11 is 0. The van der Waals surface area contributed by atoms with Crippen LogP contribution < -0.4 is 5.32 Å². The van der Waals surface area contributed by atoms with E-state index in [1.165, 1.54) is 0 Å². The van der Waals surface area contributed by atoms with E-state index in [1.54, 1.807) is 0 Å². The first-order chi connectivity index (χ1) is 6.81. The van der Waals surface area contributed by atoms with Crippen molar-refractivity contribution in [1.82, 2.24) is 15.1 Å². The lowest BCUT2D eigenvalue weighted by Crippen LogP contribution is -2.46. The van der Waals surface area contributed by atoms with Crippen molar-refractivity contribution in [3.8, 4) is 0 Å². The first-order valence-corrected chi connectivity index (χ1v) is 5.58. The van der Waals surface area contributed by atoms with Crippen molar-refractivity contribution in [3.63, 3.8) is 0 Å². The summed E-state index contributed by atoms with van der Waals surface area (Å²) in [6, 6.07) is 0.625. The number of nitrogens with one attached hydrogen (secondary N) is 1. The van der Waals surface area contributed by atoms with Crippen molar-refractivity contribution < 1.29 is 4.79 Å². The molecule has 0 bridgehead atoms. The maximum Gasteiger partial charge on any atom is 0.317 e. The number of likely N-dealkylation sites (tertiary alicyclic amines) is 1. The van der Waals surface area contributed by atoms with Crippen molar-refractivity contribution in [1.29, 1.82) is 0 Å². The van der Waals surface area contributed by atoms with Gasteiger partial charge in [-0.15, -0.1) is 0 Å². The van der Waals surface area contributed by atoms with Gasteiger partial charge < -0.3 is 15.1 Å². The second-order valence-electron chi connectivity index (χ2n) is 4.09. The van der Waals surface area contributed by atoms with Gasteiger partial charge in [0.25, 0.3) is 0 Å². The van der Waals surface area contributed by atoms with Crippen LogP contribution in [0.25, 0.3) is 0 Å². The van der Waals surface area contributed by atoms with Crippen LogP contribution in [0.2, 0.25) is 0 Å². The Morgan fingerprint density at radius 2 is 2.07 bits per heavy atom. The van der Waals surface area contributed by atoms with Gasteiger partial charge in [-0.25, -0.2) is 4.79 Å². The average molecular weight is 197 g/mol. The molecule has 2 fully saturated rings. The van der Waals surface area contributed by atoms with Crippen molar-refractivity contribution in [3.05, 3.63) is 0 Å². The lowest BCUT2D eigenvalue weighted by molar-refractivity contribution is 0.139. The quantitative estimate of drug-likeness (QED) is 0.699. The van der Waals surface area contributed by atoms with E-state index in [0.717, 1.165) is 45.6 Å². The summed E-state index contributed by atoms with van der Waals surface area (Å²) in [7, 11) is 0. The first-order valence-electron chi connectivity index (χ1n) is 5.58. The molecule has 14 heavy (non-hydrogen) atoms. The highest BCUT2D eigenvalue weighted by atomic mass is 16.2. The van der Waals surface area contributed by atoms with E-state index in [4.69, 9.17) is 0 Å². The van der Waals surface area contributed by atoms with E-state index in [0.29, 0.717) is 6.04 Å². The summed E-state index contributed by atoms with van der Waals surface area (Å²) in [6.45, 7) is 7.35. The van der Waals surface area contributed by atoms with Gasteiger partial charge in [0.05, 0.1) is 0 Å². The van der Waals surface area contributed by atoms with Crippen LogP contribution in [0, 0.1) is 0 Å². The maximum absolute atomic E-state index is 11.4. The number of amides is 2. The maximum atomic E-state index is 11.4. The normalized spacial score (nSPS) is 25.5. The average Bonchev–Trinajstić information content (AvgIpc) is 2.65.